The van der Waals surface area contributed by atoms with Crippen LogP contribution in [0.5, 0.6) is 0 Å². The first-order valence-electron chi connectivity index (χ1n) is 5.11. The largest absolute Gasteiger partial charge is 0.396 e. The Bertz CT molecular complexity index is 398. The van der Waals surface area contributed by atoms with Crippen LogP contribution in [0, 0.1) is 11.6 Å². The van der Waals surface area contributed by atoms with Gasteiger partial charge >= 0.3 is 0 Å². The van der Waals surface area contributed by atoms with Crippen LogP contribution >= 0.6 is 0 Å². The van der Waals surface area contributed by atoms with E-state index in [1.54, 1.807) is 13.8 Å². The second kappa shape index (κ2) is 5.24. The highest BCUT2D eigenvalue weighted by Crippen LogP contribution is 2.22. The maximum absolute atomic E-state index is 13.4. The van der Waals surface area contributed by atoms with Gasteiger partial charge in [0.2, 0.25) is 0 Å². The number of rotatable bonds is 5. The van der Waals surface area contributed by atoms with Crippen molar-refractivity contribution in [2.24, 2.45) is 5.84 Å². The van der Waals surface area contributed by atoms with Gasteiger partial charge in [0.05, 0.1) is 0 Å². The standard InChI is InChI=1S/C10H16F2N4O/c1-10(2,3-4-17)15-8-6(11)5-7(12)9(14-8)16-13/h5,17H,3-4,13H2,1-2H3,(H2,14,15,16). The maximum Gasteiger partial charge on any atom is 0.178 e. The molecule has 0 fully saturated rings. The van der Waals surface area contributed by atoms with Crippen LogP contribution in [-0.2, 0) is 0 Å². The van der Waals surface area contributed by atoms with Crippen molar-refractivity contribution in [1.29, 1.82) is 0 Å². The highest BCUT2D eigenvalue weighted by Gasteiger charge is 2.20. The van der Waals surface area contributed by atoms with Gasteiger partial charge in [0.1, 0.15) is 0 Å². The van der Waals surface area contributed by atoms with E-state index in [0.29, 0.717) is 12.5 Å². The lowest BCUT2D eigenvalue weighted by Gasteiger charge is -2.26. The second-order valence-corrected chi connectivity index (χ2v) is 4.28. The molecule has 0 unspecified atom stereocenters. The van der Waals surface area contributed by atoms with Gasteiger partial charge in [0.25, 0.3) is 0 Å². The van der Waals surface area contributed by atoms with Crippen molar-refractivity contribution in [3.8, 4) is 0 Å². The molecule has 96 valence electrons. The van der Waals surface area contributed by atoms with E-state index < -0.39 is 17.2 Å². The third-order valence-electron chi connectivity index (χ3n) is 2.26. The minimum absolute atomic E-state index is 0.0508. The summed E-state index contributed by atoms with van der Waals surface area (Å²) in [4.78, 5) is 3.68. The molecule has 1 aromatic rings. The summed E-state index contributed by atoms with van der Waals surface area (Å²) in [6.07, 6.45) is 0.400. The van der Waals surface area contributed by atoms with Gasteiger partial charge in [-0.25, -0.2) is 19.6 Å². The third-order valence-corrected chi connectivity index (χ3v) is 2.26. The Balaban J connectivity index is 2.98. The molecule has 0 bridgehead atoms. The van der Waals surface area contributed by atoms with Gasteiger partial charge in [-0.15, -0.1) is 0 Å². The van der Waals surface area contributed by atoms with E-state index >= 15 is 0 Å². The first-order valence-corrected chi connectivity index (χ1v) is 5.11. The van der Waals surface area contributed by atoms with Gasteiger partial charge in [-0.3, -0.25) is 0 Å². The van der Waals surface area contributed by atoms with E-state index in [1.165, 1.54) is 0 Å². The minimum Gasteiger partial charge on any atom is -0.396 e. The number of hydrazine groups is 1. The van der Waals surface area contributed by atoms with E-state index in [9.17, 15) is 8.78 Å². The molecule has 5 N–H and O–H groups in total. The van der Waals surface area contributed by atoms with Crippen molar-refractivity contribution in [2.45, 2.75) is 25.8 Å². The number of aliphatic hydroxyl groups excluding tert-OH is 1. The number of nitrogens with two attached hydrogens (primary N) is 1. The average Bonchev–Trinajstić information content (AvgIpc) is 2.21. The lowest BCUT2D eigenvalue weighted by Crippen LogP contribution is -2.33. The molecule has 0 atom stereocenters. The molecule has 7 heteroatoms. The normalized spacial score (nSPS) is 11.4. The van der Waals surface area contributed by atoms with Crippen molar-refractivity contribution in [1.82, 2.24) is 4.98 Å². The highest BCUT2D eigenvalue weighted by molar-refractivity contribution is 5.48. The summed E-state index contributed by atoms with van der Waals surface area (Å²) in [5, 5.41) is 11.6. The number of nitrogen functional groups attached to an aromatic ring is 1. The van der Waals surface area contributed by atoms with Crippen LogP contribution in [0.3, 0.4) is 0 Å². The van der Waals surface area contributed by atoms with Gasteiger partial charge in [0.15, 0.2) is 23.3 Å². The van der Waals surface area contributed by atoms with Gasteiger partial charge in [-0.1, -0.05) is 0 Å². The van der Waals surface area contributed by atoms with Crippen LogP contribution in [0.15, 0.2) is 6.07 Å². The number of pyridine rings is 1. The van der Waals surface area contributed by atoms with Gasteiger partial charge in [-0.2, -0.15) is 0 Å². The topological polar surface area (TPSA) is 83.2 Å². The third kappa shape index (κ3) is 3.50. The fourth-order valence-corrected chi connectivity index (χ4v) is 1.32. The number of anilines is 2. The van der Waals surface area contributed by atoms with E-state index in [2.05, 4.69) is 10.3 Å². The number of aliphatic hydroxyl groups is 1. The SMILES string of the molecule is CC(C)(CCO)Nc1nc(NN)c(F)cc1F. The number of hydrogen-bond acceptors (Lipinski definition) is 5. The van der Waals surface area contributed by atoms with Crippen molar-refractivity contribution < 1.29 is 13.9 Å². The molecular weight excluding hydrogens is 230 g/mol. The van der Waals surface area contributed by atoms with Gasteiger partial charge in [-0.05, 0) is 20.3 Å². The second-order valence-electron chi connectivity index (χ2n) is 4.28. The van der Waals surface area contributed by atoms with Crippen molar-refractivity contribution >= 4 is 11.6 Å². The maximum atomic E-state index is 13.4. The van der Waals surface area contributed by atoms with Crippen molar-refractivity contribution in [3.05, 3.63) is 17.7 Å². The Morgan fingerprint density at radius 3 is 2.47 bits per heavy atom. The Kier molecular flexibility index (Phi) is 4.19. The predicted molar refractivity (Wildman–Crippen MR) is 61.4 cm³/mol. The molecule has 0 spiro atoms. The summed E-state index contributed by atoms with van der Waals surface area (Å²) in [5.41, 5.74) is 1.48. The fourth-order valence-electron chi connectivity index (χ4n) is 1.32. The molecule has 0 aliphatic rings. The minimum atomic E-state index is -0.865. The van der Waals surface area contributed by atoms with E-state index in [4.69, 9.17) is 10.9 Å². The molecule has 0 amide bonds. The summed E-state index contributed by atoms with van der Waals surface area (Å²) in [5.74, 6) is 3.02. The average molecular weight is 246 g/mol. The molecule has 0 saturated heterocycles. The number of nitrogens with one attached hydrogen (secondary N) is 2. The van der Waals surface area contributed by atoms with Crippen molar-refractivity contribution in [3.63, 3.8) is 0 Å². The Morgan fingerprint density at radius 1 is 1.35 bits per heavy atom. The molecule has 1 rings (SSSR count). The Labute approximate surface area is 98.0 Å². The lowest BCUT2D eigenvalue weighted by molar-refractivity contribution is 0.260. The predicted octanol–water partition coefficient (Wildman–Crippen LogP) is 1.22. The first-order chi connectivity index (χ1) is 7.89. The van der Waals surface area contributed by atoms with E-state index in [-0.39, 0.29) is 18.2 Å². The molecule has 0 aliphatic heterocycles. The summed E-state index contributed by atoms with van der Waals surface area (Å²) < 4.78 is 26.5. The van der Waals surface area contributed by atoms with Crippen LogP contribution in [0.25, 0.3) is 0 Å². The van der Waals surface area contributed by atoms with Crippen LogP contribution in [0.2, 0.25) is 0 Å². The van der Waals surface area contributed by atoms with Crippen LogP contribution in [0.1, 0.15) is 20.3 Å². The fraction of sp³-hybridized carbons (Fsp3) is 0.500. The zero-order chi connectivity index (χ0) is 13.1. The van der Waals surface area contributed by atoms with E-state index in [1.807, 2.05) is 5.43 Å². The van der Waals surface area contributed by atoms with Gasteiger partial charge < -0.3 is 15.8 Å². The summed E-state index contributed by atoms with van der Waals surface area (Å²) in [7, 11) is 0. The molecule has 17 heavy (non-hydrogen) atoms. The molecule has 0 saturated carbocycles. The number of nitrogens with zero attached hydrogens (tertiary/aromatic N) is 1. The zero-order valence-electron chi connectivity index (χ0n) is 9.72. The zero-order valence-corrected chi connectivity index (χ0v) is 9.72. The van der Waals surface area contributed by atoms with Crippen LogP contribution < -0.4 is 16.6 Å². The molecule has 5 nitrogen and oxygen atoms in total. The van der Waals surface area contributed by atoms with E-state index in [0.717, 1.165) is 0 Å². The molecular formula is C10H16F2N4O. The molecule has 0 radical (unpaired) electrons. The summed E-state index contributed by atoms with van der Waals surface area (Å²) in [6, 6.07) is 0.694. The van der Waals surface area contributed by atoms with Crippen LogP contribution in [-0.4, -0.2) is 22.2 Å². The Morgan fingerprint density at radius 2 is 1.94 bits per heavy atom. The monoisotopic (exact) mass is 246 g/mol. The summed E-state index contributed by atoms with van der Waals surface area (Å²) >= 11 is 0. The number of halogens is 2. The lowest BCUT2D eigenvalue weighted by atomic mass is 10.0. The molecule has 1 aromatic heterocycles. The number of hydrogen-bond donors (Lipinski definition) is 4. The number of aromatic nitrogens is 1. The van der Waals surface area contributed by atoms with Crippen molar-refractivity contribution in [2.75, 3.05) is 17.3 Å². The smallest absolute Gasteiger partial charge is 0.178 e. The Hall–Kier alpha value is -1.47. The summed E-state index contributed by atoms with van der Waals surface area (Å²) in [6.45, 7) is 3.48. The van der Waals surface area contributed by atoms with Crippen LogP contribution in [0.4, 0.5) is 20.4 Å². The quantitative estimate of drug-likeness (QED) is 0.464. The highest BCUT2D eigenvalue weighted by atomic mass is 19.1. The molecule has 0 aromatic carbocycles. The van der Waals surface area contributed by atoms with Gasteiger partial charge in [0, 0.05) is 18.2 Å². The first kappa shape index (κ1) is 13.6. The molecule has 0 aliphatic carbocycles. The molecule has 1 heterocycles.